The molecule has 0 radical (unpaired) electrons. The van der Waals surface area contributed by atoms with E-state index in [0.717, 1.165) is 6.21 Å². The monoisotopic (exact) mass is 234 g/mol. The first-order valence-corrected chi connectivity index (χ1v) is 4.11. The summed E-state index contributed by atoms with van der Waals surface area (Å²) >= 11 is 16.3. The fourth-order valence-corrected chi connectivity index (χ4v) is 1.02. The van der Waals surface area contributed by atoms with Crippen molar-refractivity contribution in [2.45, 2.75) is 16.0 Å². The van der Waals surface area contributed by atoms with Gasteiger partial charge in [0.05, 0.1) is 0 Å². The first kappa shape index (κ1) is 10.2. The molecule has 0 fully saturated rings. The summed E-state index contributed by atoms with van der Waals surface area (Å²) in [5, 5.41) is 0. The number of halogens is 5. The summed E-state index contributed by atoms with van der Waals surface area (Å²) in [7, 11) is 0. The summed E-state index contributed by atoms with van der Waals surface area (Å²) in [5.74, 6) is 0. The SMILES string of the molecule is FC1=NC(F)C(Cl)(C(Cl)Cl)C=N1. The van der Waals surface area contributed by atoms with E-state index in [1.807, 2.05) is 0 Å². The van der Waals surface area contributed by atoms with Crippen LogP contribution in [-0.2, 0) is 0 Å². The lowest BCUT2D eigenvalue weighted by molar-refractivity contribution is 0.308. The van der Waals surface area contributed by atoms with Gasteiger partial charge in [0, 0.05) is 6.21 Å². The molecule has 12 heavy (non-hydrogen) atoms. The smallest absolute Gasteiger partial charge is 0.219 e. The highest BCUT2D eigenvalue weighted by atomic mass is 35.5. The highest BCUT2D eigenvalue weighted by molar-refractivity contribution is 6.53. The molecule has 0 aromatic carbocycles. The second-order valence-electron chi connectivity index (χ2n) is 2.12. The molecule has 1 heterocycles. The highest BCUT2D eigenvalue weighted by Crippen LogP contribution is 2.34. The van der Waals surface area contributed by atoms with Gasteiger partial charge in [-0.3, -0.25) is 0 Å². The van der Waals surface area contributed by atoms with Gasteiger partial charge in [-0.15, -0.1) is 34.8 Å². The van der Waals surface area contributed by atoms with Crippen LogP contribution >= 0.6 is 34.8 Å². The Bertz CT molecular complexity index is 243. The summed E-state index contributed by atoms with van der Waals surface area (Å²) < 4.78 is 25.1. The van der Waals surface area contributed by atoms with E-state index in [1.165, 1.54) is 0 Å². The van der Waals surface area contributed by atoms with Gasteiger partial charge in [-0.25, -0.2) is 14.4 Å². The lowest BCUT2D eigenvalue weighted by Gasteiger charge is -2.26. The molecule has 1 rings (SSSR count). The molecule has 0 saturated carbocycles. The van der Waals surface area contributed by atoms with Gasteiger partial charge in [0.2, 0.25) is 6.30 Å². The molecule has 0 amide bonds. The van der Waals surface area contributed by atoms with Gasteiger partial charge in [0.15, 0.2) is 4.87 Å². The Hall–Kier alpha value is 0.0700. The molecule has 68 valence electrons. The number of hydrogen-bond donors (Lipinski definition) is 0. The van der Waals surface area contributed by atoms with Crippen molar-refractivity contribution in [3.8, 4) is 0 Å². The molecule has 2 atom stereocenters. The Morgan fingerprint density at radius 2 is 2.17 bits per heavy atom. The van der Waals surface area contributed by atoms with Crippen LogP contribution in [0, 0.1) is 0 Å². The third-order valence-electron chi connectivity index (χ3n) is 1.29. The van der Waals surface area contributed by atoms with Crippen LogP contribution in [0.2, 0.25) is 0 Å². The van der Waals surface area contributed by atoms with E-state index in [2.05, 4.69) is 9.98 Å². The highest BCUT2D eigenvalue weighted by Gasteiger charge is 2.44. The normalized spacial score (nSPS) is 35.5. The minimum atomic E-state index is -2.02. The zero-order valence-electron chi connectivity index (χ0n) is 5.52. The second-order valence-corrected chi connectivity index (χ2v) is 3.87. The van der Waals surface area contributed by atoms with Crippen molar-refractivity contribution < 1.29 is 8.78 Å². The summed E-state index contributed by atoms with van der Waals surface area (Å²) in [6, 6.07) is 0. The van der Waals surface area contributed by atoms with Crippen LogP contribution in [0.3, 0.4) is 0 Å². The number of rotatable bonds is 1. The molecule has 0 bridgehead atoms. The molecular formula is C5H3Cl3F2N2. The number of nitrogens with zero attached hydrogens (tertiary/aromatic N) is 2. The Kier molecular flexibility index (Phi) is 2.91. The molecule has 0 N–H and O–H groups in total. The molecule has 1 aliphatic heterocycles. The summed E-state index contributed by atoms with van der Waals surface area (Å²) in [4.78, 5) is 2.91. The summed E-state index contributed by atoms with van der Waals surface area (Å²) in [6.45, 7) is 0. The zero-order valence-corrected chi connectivity index (χ0v) is 7.78. The molecule has 1 aliphatic rings. The maximum Gasteiger partial charge on any atom is 0.306 e. The van der Waals surface area contributed by atoms with E-state index >= 15 is 0 Å². The first-order valence-electron chi connectivity index (χ1n) is 2.86. The lowest BCUT2D eigenvalue weighted by Crippen LogP contribution is -2.43. The average molecular weight is 235 g/mol. The zero-order chi connectivity index (χ0) is 9.35. The number of hydrogen-bond acceptors (Lipinski definition) is 2. The van der Waals surface area contributed by atoms with Gasteiger partial charge in [-0.1, -0.05) is 0 Å². The van der Waals surface area contributed by atoms with Gasteiger partial charge in [0.1, 0.15) is 4.84 Å². The predicted octanol–water partition coefficient (Wildman–Crippen LogP) is 2.47. The standard InChI is InChI=1S/C5H3Cl3F2N2/c6-2(7)5(8)1-11-4(10)12-3(5)9/h1-3H. The summed E-state index contributed by atoms with van der Waals surface area (Å²) in [6.07, 6.45) is -2.38. The van der Waals surface area contributed by atoms with Crippen LogP contribution in [0.1, 0.15) is 0 Å². The molecule has 0 aliphatic carbocycles. The predicted molar refractivity (Wildman–Crippen MR) is 46.0 cm³/mol. The van der Waals surface area contributed by atoms with E-state index in [-0.39, 0.29) is 0 Å². The first-order chi connectivity index (χ1) is 5.47. The maximum atomic E-state index is 12.9. The molecular weight excluding hydrogens is 232 g/mol. The van der Waals surface area contributed by atoms with Gasteiger partial charge < -0.3 is 0 Å². The quantitative estimate of drug-likeness (QED) is 0.493. The topological polar surface area (TPSA) is 24.7 Å². The third kappa shape index (κ3) is 1.70. The molecule has 2 nitrogen and oxygen atoms in total. The summed E-state index contributed by atoms with van der Waals surface area (Å²) in [5.41, 5.74) is 0. The third-order valence-corrected chi connectivity index (χ3v) is 2.73. The van der Waals surface area contributed by atoms with Crippen LogP contribution in [0.25, 0.3) is 0 Å². The molecule has 0 spiro atoms. The molecule has 0 aromatic heterocycles. The van der Waals surface area contributed by atoms with Crippen molar-refractivity contribution in [2.75, 3.05) is 0 Å². The van der Waals surface area contributed by atoms with Crippen LogP contribution < -0.4 is 0 Å². The van der Waals surface area contributed by atoms with Crippen molar-refractivity contribution in [1.29, 1.82) is 0 Å². The van der Waals surface area contributed by atoms with E-state index in [9.17, 15) is 8.78 Å². The van der Waals surface area contributed by atoms with Crippen LogP contribution in [0.4, 0.5) is 8.78 Å². The van der Waals surface area contributed by atoms with Crippen molar-refractivity contribution in [3.63, 3.8) is 0 Å². The fourth-order valence-electron chi connectivity index (χ4n) is 0.600. The van der Waals surface area contributed by atoms with Crippen LogP contribution in [0.5, 0.6) is 0 Å². The van der Waals surface area contributed by atoms with E-state index in [1.54, 1.807) is 0 Å². The van der Waals surface area contributed by atoms with E-state index < -0.39 is 22.1 Å². The van der Waals surface area contributed by atoms with E-state index in [4.69, 9.17) is 34.8 Å². The Labute approximate surface area is 82.2 Å². The van der Waals surface area contributed by atoms with Gasteiger partial charge in [-0.05, 0) is 0 Å². The van der Waals surface area contributed by atoms with Crippen molar-refractivity contribution in [2.24, 2.45) is 9.98 Å². The van der Waals surface area contributed by atoms with Gasteiger partial charge in [-0.2, -0.15) is 4.39 Å². The van der Waals surface area contributed by atoms with Crippen LogP contribution in [0.15, 0.2) is 9.98 Å². The molecule has 7 heteroatoms. The number of alkyl halides is 4. The number of amidine groups is 1. The largest absolute Gasteiger partial charge is 0.306 e. The molecule has 0 saturated heterocycles. The minimum absolute atomic E-state index is 0.812. The molecule has 2 unspecified atom stereocenters. The van der Waals surface area contributed by atoms with Crippen molar-refractivity contribution in [3.05, 3.63) is 0 Å². The Balaban J connectivity index is 2.91. The van der Waals surface area contributed by atoms with Crippen molar-refractivity contribution >= 4 is 47.1 Å². The van der Waals surface area contributed by atoms with Gasteiger partial charge in [0.25, 0.3) is 0 Å². The second kappa shape index (κ2) is 3.44. The minimum Gasteiger partial charge on any atom is -0.219 e. The Morgan fingerprint density at radius 1 is 1.58 bits per heavy atom. The maximum absolute atomic E-state index is 12.9. The lowest BCUT2D eigenvalue weighted by atomic mass is 10.1. The van der Waals surface area contributed by atoms with E-state index in [0.29, 0.717) is 0 Å². The Morgan fingerprint density at radius 3 is 2.58 bits per heavy atom. The van der Waals surface area contributed by atoms with Crippen LogP contribution in [-0.4, -0.2) is 28.3 Å². The number of aliphatic imine (C=N–C) groups is 2. The van der Waals surface area contributed by atoms with Crippen molar-refractivity contribution in [1.82, 2.24) is 0 Å². The fraction of sp³-hybridized carbons (Fsp3) is 0.600. The van der Waals surface area contributed by atoms with Gasteiger partial charge >= 0.3 is 6.09 Å². The molecule has 0 aromatic rings. The average Bonchev–Trinajstić information content (AvgIpc) is 1.97.